The van der Waals surface area contributed by atoms with Gasteiger partial charge in [0, 0.05) is 12.2 Å². The Kier molecular flexibility index (Phi) is 4.39. The number of anilines is 1. The molecule has 0 fully saturated rings. The highest BCUT2D eigenvalue weighted by Crippen LogP contribution is 2.36. The number of hydrogen-bond donors (Lipinski definition) is 1. The van der Waals surface area contributed by atoms with Crippen molar-refractivity contribution in [3.8, 4) is 0 Å². The fourth-order valence-electron chi connectivity index (χ4n) is 2.76. The standard InChI is InChI=1S/C18H17NO4/c20-17(12-23-11-13-6-2-1-3-7-13)19-10-15(18(21)22)14-8-4-5-9-16(14)19/h1-9,15H,10-12H2,(H,21,22)/t15-/m1/s1. The summed E-state index contributed by atoms with van der Waals surface area (Å²) in [5.74, 6) is -1.82. The molecule has 1 atom stereocenters. The molecule has 1 heterocycles. The third-order valence-corrected chi connectivity index (χ3v) is 3.90. The lowest BCUT2D eigenvalue weighted by Crippen LogP contribution is -2.34. The minimum atomic E-state index is -0.919. The van der Waals surface area contributed by atoms with Crippen molar-refractivity contribution in [1.29, 1.82) is 0 Å². The second-order valence-electron chi connectivity index (χ2n) is 5.43. The molecule has 0 aliphatic carbocycles. The molecule has 1 N–H and O–H groups in total. The van der Waals surface area contributed by atoms with Crippen LogP contribution in [0.2, 0.25) is 0 Å². The van der Waals surface area contributed by atoms with Crippen molar-refractivity contribution in [2.24, 2.45) is 0 Å². The molecule has 0 spiro atoms. The van der Waals surface area contributed by atoms with Gasteiger partial charge in [0.25, 0.3) is 5.91 Å². The Hall–Kier alpha value is -2.66. The number of nitrogens with zero attached hydrogens (tertiary/aromatic N) is 1. The van der Waals surface area contributed by atoms with Gasteiger partial charge in [0.1, 0.15) is 12.5 Å². The molecule has 118 valence electrons. The summed E-state index contributed by atoms with van der Waals surface area (Å²) in [6, 6.07) is 16.7. The highest BCUT2D eigenvalue weighted by molar-refractivity contribution is 5.99. The number of hydrogen-bond acceptors (Lipinski definition) is 3. The summed E-state index contributed by atoms with van der Waals surface area (Å²) in [7, 11) is 0. The van der Waals surface area contributed by atoms with Crippen LogP contribution in [0.5, 0.6) is 0 Å². The number of carboxylic acids is 1. The van der Waals surface area contributed by atoms with Crippen molar-refractivity contribution in [1.82, 2.24) is 0 Å². The fraction of sp³-hybridized carbons (Fsp3) is 0.222. The van der Waals surface area contributed by atoms with Gasteiger partial charge in [-0.2, -0.15) is 0 Å². The van der Waals surface area contributed by atoms with Crippen molar-refractivity contribution >= 4 is 17.6 Å². The van der Waals surface area contributed by atoms with Crippen LogP contribution in [-0.4, -0.2) is 30.1 Å². The topological polar surface area (TPSA) is 66.8 Å². The first-order valence-corrected chi connectivity index (χ1v) is 7.40. The number of rotatable bonds is 5. The Morgan fingerprint density at radius 2 is 1.78 bits per heavy atom. The highest BCUT2D eigenvalue weighted by atomic mass is 16.5. The summed E-state index contributed by atoms with van der Waals surface area (Å²) < 4.78 is 5.47. The molecular weight excluding hydrogens is 294 g/mol. The van der Waals surface area contributed by atoms with Crippen molar-refractivity contribution in [3.05, 3.63) is 65.7 Å². The lowest BCUT2D eigenvalue weighted by molar-refractivity contribution is -0.138. The number of carboxylic acid groups (broad SMARTS) is 1. The minimum Gasteiger partial charge on any atom is -0.481 e. The highest BCUT2D eigenvalue weighted by Gasteiger charge is 2.36. The van der Waals surface area contributed by atoms with Gasteiger partial charge in [-0.25, -0.2) is 0 Å². The number of para-hydroxylation sites is 1. The van der Waals surface area contributed by atoms with Gasteiger partial charge in [-0.15, -0.1) is 0 Å². The molecule has 1 amide bonds. The van der Waals surface area contributed by atoms with Crippen LogP contribution in [0.25, 0.3) is 0 Å². The monoisotopic (exact) mass is 311 g/mol. The second kappa shape index (κ2) is 6.62. The van der Waals surface area contributed by atoms with E-state index < -0.39 is 11.9 Å². The van der Waals surface area contributed by atoms with Gasteiger partial charge in [-0.05, 0) is 17.2 Å². The van der Waals surface area contributed by atoms with Crippen molar-refractivity contribution in [2.45, 2.75) is 12.5 Å². The van der Waals surface area contributed by atoms with E-state index >= 15 is 0 Å². The zero-order valence-electron chi connectivity index (χ0n) is 12.5. The van der Waals surface area contributed by atoms with E-state index in [4.69, 9.17) is 4.74 Å². The third-order valence-electron chi connectivity index (χ3n) is 3.90. The van der Waals surface area contributed by atoms with Crippen LogP contribution >= 0.6 is 0 Å². The second-order valence-corrected chi connectivity index (χ2v) is 5.43. The molecule has 3 rings (SSSR count). The molecule has 0 saturated carbocycles. The van der Waals surface area contributed by atoms with Crippen LogP contribution in [-0.2, 0) is 20.9 Å². The van der Waals surface area contributed by atoms with E-state index in [9.17, 15) is 14.7 Å². The first kappa shape index (κ1) is 15.2. The van der Waals surface area contributed by atoms with Gasteiger partial charge in [-0.1, -0.05) is 48.5 Å². The summed E-state index contributed by atoms with van der Waals surface area (Å²) in [5.41, 5.74) is 2.33. The van der Waals surface area contributed by atoms with Crippen LogP contribution in [0, 0.1) is 0 Å². The summed E-state index contributed by atoms with van der Waals surface area (Å²) in [4.78, 5) is 25.2. The maximum absolute atomic E-state index is 12.4. The predicted molar refractivity (Wildman–Crippen MR) is 85.3 cm³/mol. The molecule has 5 nitrogen and oxygen atoms in total. The maximum Gasteiger partial charge on any atom is 0.312 e. The Morgan fingerprint density at radius 3 is 2.52 bits per heavy atom. The third kappa shape index (κ3) is 3.24. The number of aliphatic carboxylic acids is 1. The number of benzene rings is 2. The van der Waals surface area contributed by atoms with Crippen molar-refractivity contribution in [2.75, 3.05) is 18.1 Å². The van der Waals surface area contributed by atoms with Gasteiger partial charge in [-0.3, -0.25) is 9.59 Å². The zero-order chi connectivity index (χ0) is 16.2. The lowest BCUT2D eigenvalue weighted by Gasteiger charge is -2.17. The Bertz CT molecular complexity index is 714. The fourth-order valence-corrected chi connectivity index (χ4v) is 2.76. The normalized spacial score (nSPS) is 16.2. The van der Waals surface area contributed by atoms with E-state index in [1.165, 1.54) is 4.90 Å². The number of amides is 1. The Balaban J connectivity index is 1.65. The number of carbonyl (C=O) groups excluding carboxylic acids is 1. The predicted octanol–water partition coefficient (Wildman–Crippen LogP) is 2.42. The average Bonchev–Trinajstić information content (AvgIpc) is 2.96. The smallest absolute Gasteiger partial charge is 0.312 e. The first-order valence-electron chi connectivity index (χ1n) is 7.40. The molecule has 0 unspecified atom stereocenters. The molecule has 0 aromatic heterocycles. The average molecular weight is 311 g/mol. The molecule has 23 heavy (non-hydrogen) atoms. The number of fused-ring (bicyclic) bond motifs is 1. The molecular formula is C18H17NO4. The Labute approximate surface area is 134 Å². The zero-order valence-corrected chi connectivity index (χ0v) is 12.5. The van der Waals surface area contributed by atoms with E-state index in [1.807, 2.05) is 30.3 Å². The van der Waals surface area contributed by atoms with Gasteiger partial charge in [0.2, 0.25) is 0 Å². The van der Waals surface area contributed by atoms with Gasteiger partial charge < -0.3 is 14.7 Å². The van der Waals surface area contributed by atoms with E-state index in [-0.39, 0.29) is 19.1 Å². The van der Waals surface area contributed by atoms with Crippen LogP contribution < -0.4 is 4.90 Å². The molecule has 0 radical (unpaired) electrons. The summed E-state index contributed by atoms with van der Waals surface area (Å²) >= 11 is 0. The first-order chi connectivity index (χ1) is 11.2. The van der Waals surface area contributed by atoms with Crippen LogP contribution in [0.3, 0.4) is 0 Å². The molecule has 0 bridgehead atoms. The van der Waals surface area contributed by atoms with Crippen molar-refractivity contribution < 1.29 is 19.4 Å². The quantitative estimate of drug-likeness (QED) is 0.921. The van der Waals surface area contributed by atoms with Crippen LogP contribution in [0.15, 0.2) is 54.6 Å². The largest absolute Gasteiger partial charge is 0.481 e. The summed E-state index contributed by atoms with van der Waals surface area (Å²) in [5, 5.41) is 9.32. The van der Waals surface area contributed by atoms with Crippen LogP contribution in [0.4, 0.5) is 5.69 Å². The number of carbonyl (C=O) groups is 2. The van der Waals surface area contributed by atoms with E-state index in [2.05, 4.69) is 0 Å². The van der Waals surface area contributed by atoms with Gasteiger partial charge in [0.05, 0.1) is 6.61 Å². The SMILES string of the molecule is O=C(O)[C@@H]1CN(C(=O)COCc2ccccc2)c2ccccc21. The molecule has 2 aromatic rings. The van der Waals surface area contributed by atoms with E-state index in [0.717, 1.165) is 5.56 Å². The molecule has 1 aliphatic rings. The van der Waals surface area contributed by atoms with Gasteiger partial charge >= 0.3 is 5.97 Å². The number of ether oxygens (including phenoxy) is 1. The molecule has 2 aromatic carbocycles. The van der Waals surface area contributed by atoms with Crippen LogP contribution in [0.1, 0.15) is 17.0 Å². The molecule has 5 heteroatoms. The Morgan fingerprint density at radius 1 is 1.09 bits per heavy atom. The minimum absolute atomic E-state index is 0.0738. The summed E-state index contributed by atoms with van der Waals surface area (Å²) in [6.07, 6.45) is 0. The molecule has 1 aliphatic heterocycles. The molecule has 0 saturated heterocycles. The lowest BCUT2D eigenvalue weighted by atomic mass is 10.0. The van der Waals surface area contributed by atoms with E-state index in [0.29, 0.717) is 17.9 Å². The van der Waals surface area contributed by atoms with Gasteiger partial charge in [0.15, 0.2) is 0 Å². The van der Waals surface area contributed by atoms with E-state index in [1.54, 1.807) is 24.3 Å². The summed E-state index contributed by atoms with van der Waals surface area (Å²) in [6.45, 7) is 0.433. The maximum atomic E-state index is 12.4. The van der Waals surface area contributed by atoms with Crippen molar-refractivity contribution in [3.63, 3.8) is 0 Å².